The summed E-state index contributed by atoms with van der Waals surface area (Å²) in [5.74, 6) is 2.71. The van der Waals surface area contributed by atoms with Crippen molar-refractivity contribution in [1.29, 1.82) is 0 Å². The maximum absolute atomic E-state index is 12.5. The van der Waals surface area contributed by atoms with Crippen LogP contribution in [0.4, 0.5) is 0 Å². The standard InChI is InChI=1S/C13H19ClN2O3S2/c1-19-13-10(6-15)4-11(14)5-12(13)21(17,18)16-7-9-2-3-20-8-9/h4-5,9,16H,2-3,6-8,15H2,1H3. The number of hydrogen-bond acceptors (Lipinski definition) is 5. The van der Waals surface area contributed by atoms with E-state index >= 15 is 0 Å². The van der Waals surface area contributed by atoms with Gasteiger partial charge in [-0.25, -0.2) is 13.1 Å². The van der Waals surface area contributed by atoms with E-state index in [1.165, 1.54) is 13.2 Å². The number of hydrogen-bond donors (Lipinski definition) is 2. The molecule has 0 saturated carbocycles. The van der Waals surface area contributed by atoms with Crippen molar-refractivity contribution in [3.05, 3.63) is 22.7 Å². The average molecular weight is 351 g/mol. The number of nitrogens with two attached hydrogens (primary N) is 1. The summed E-state index contributed by atoms with van der Waals surface area (Å²) in [5.41, 5.74) is 6.20. The number of thioether (sulfide) groups is 1. The van der Waals surface area contributed by atoms with Gasteiger partial charge < -0.3 is 10.5 Å². The van der Waals surface area contributed by atoms with Gasteiger partial charge in [0.25, 0.3) is 0 Å². The smallest absolute Gasteiger partial charge is 0.244 e. The van der Waals surface area contributed by atoms with Crippen LogP contribution in [0.25, 0.3) is 0 Å². The van der Waals surface area contributed by atoms with Crippen molar-refractivity contribution in [1.82, 2.24) is 4.72 Å². The number of methoxy groups -OCH3 is 1. The van der Waals surface area contributed by atoms with E-state index in [0.717, 1.165) is 17.9 Å². The van der Waals surface area contributed by atoms with E-state index in [-0.39, 0.29) is 17.2 Å². The maximum Gasteiger partial charge on any atom is 0.244 e. The Hall–Kier alpha value is -0.470. The van der Waals surface area contributed by atoms with Crippen LogP contribution in [0.15, 0.2) is 17.0 Å². The summed E-state index contributed by atoms with van der Waals surface area (Å²) in [6.07, 6.45) is 1.04. The molecule has 1 aliphatic heterocycles. The summed E-state index contributed by atoms with van der Waals surface area (Å²) in [5, 5.41) is 0.327. The van der Waals surface area contributed by atoms with Crippen LogP contribution in [0.5, 0.6) is 5.75 Å². The van der Waals surface area contributed by atoms with Crippen LogP contribution in [0.2, 0.25) is 5.02 Å². The second kappa shape index (κ2) is 7.19. The van der Waals surface area contributed by atoms with Crippen molar-refractivity contribution in [3.63, 3.8) is 0 Å². The van der Waals surface area contributed by atoms with Crippen molar-refractivity contribution in [2.45, 2.75) is 17.9 Å². The van der Waals surface area contributed by atoms with Gasteiger partial charge in [0.05, 0.1) is 7.11 Å². The Bertz CT molecular complexity index is 602. The number of halogens is 1. The first-order valence-corrected chi connectivity index (χ1v) is 9.63. The zero-order valence-corrected chi connectivity index (χ0v) is 14.2. The highest BCUT2D eigenvalue weighted by Crippen LogP contribution is 2.32. The molecule has 0 bridgehead atoms. The monoisotopic (exact) mass is 350 g/mol. The number of sulfonamides is 1. The van der Waals surface area contributed by atoms with Gasteiger partial charge in [-0.2, -0.15) is 11.8 Å². The zero-order valence-electron chi connectivity index (χ0n) is 11.8. The predicted octanol–water partition coefficient (Wildman–Crippen LogP) is 1.84. The van der Waals surface area contributed by atoms with Gasteiger partial charge in [0.2, 0.25) is 10.0 Å². The van der Waals surface area contributed by atoms with Gasteiger partial charge in [-0.15, -0.1) is 0 Å². The highest BCUT2D eigenvalue weighted by atomic mass is 35.5. The van der Waals surface area contributed by atoms with Crippen molar-refractivity contribution >= 4 is 33.4 Å². The second-order valence-corrected chi connectivity index (χ2v) is 8.20. The van der Waals surface area contributed by atoms with E-state index < -0.39 is 10.0 Å². The van der Waals surface area contributed by atoms with E-state index in [1.807, 2.05) is 11.8 Å². The van der Waals surface area contributed by atoms with Crippen LogP contribution in [0.3, 0.4) is 0 Å². The lowest BCUT2D eigenvalue weighted by atomic mass is 10.1. The van der Waals surface area contributed by atoms with Gasteiger partial charge in [-0.05, 0) is 36.0 Å². The molecule has 5 nitrogen and oxygen atoms in total. The molecule has 0 aromatic heterocycles. The first-order chi connectivity index (χ1) is 9.97. The summed E-state index contributed by atoms with van der Waals surface area (Å²) >= 11 is 7.83. The zero-order chi connectivity index (χ0) is 15.5. The van der Waals surface area contributed by atoms with Gasteiger partial charge in [0.1, 0.15) is 10.6 Å². The summed E-state index contributed by atoms with van der Waals surface area (Å²) in [6.45, 7) is 0.592. The molecule has 2 rings (SSSR count). The fraction of sp³-hybridized carbons (Fsp3) is 0.538. The van der Waals surface area contributed by atoms with Gasteiger partial charge in [-0.1, -0.05) is 11.6 Å². The number of nitrogens with one attached hydrogen (secondary N) is 1. The second-order valence-electron chi connectivity index (χ2n) is 4.88. The van der Waals surface area contributed by atoms with Crippen molar-refractivity contribution in [3.8, 4) is 5.75 Å². The molecule has 0 amide bonds. The maximum atomic E-state index is 12.5. The normalized spacial score (nSPS) is 18.9. The Labute approximate surface area is 134 Å². The van der Waals surface area contributed by atoms with Gasteiger partial charge in [0, 0.05) is 23.7 Å². The molecule has 1 aromatic rings. The Kier molecular flexibility index (Phi) is 5.79. The number of rotatable bonds is 6. The molecule has 1 fully saturated rings. The molecule has 21 heavy (non-hydrogen) atoms. The lowest BCUT2D eigenvalue weighted by Crippen LogP contribution is -2.30. The third-order valence-corrected chi connectivity index (χ3v) is 6.27. The molecule has 118 valence electrons. The molecule has 1 saturated heterocycles. The molecule has 1 unspecified atom stereocenters. The molecule has 1 heterocycles. The van der Waals surface area contributed by atoms with E-state index in [9.17, 15) is 8.42 Å². The summed E-state index contributed by atoms with van der Waals surface area (Å²) in [4.78, 5) is 0.0450. The quantitative estimate of drug-likeness (QED) is 0.818. The van der Waals surface area contributed by atoms with Gasteiger partial charge >= 0.3 is 0 Å². The SMILES string of the molecule is COc1c(CN)cc(Cl)cc1S(=O)(=O)NCC1CCSC1. The Morgan fingerprint density at radius 2 is 2.29 bits per heavy atom. The fourth-order valence-electron chi connectivity index (χ4n) is 2.26. The lowest BCUT2D eigenvalue weighted by Gasteiger charge is -2.16. The largest absolute Gasteiger partial charge is 0.495 e. The van der Waals surface area contributed by atoms with Crippen molar-refractivity contribution in [2.24, 2.45) is 11.7 Å². The topological polar surface area (TPSA) is 81.4 Å². The minimum Gasteiger partial charge on any atom is -0.495 e. The molecule has 0 radical (unpaired) electrons. The van der Waals surface area contributed by atoms with E-state index in [4.69, 9.17) is 22.1 Å². The number of ether oxygens (including phenoxy) is 1. The van der Waals surface area contributed by atoms with E-state index in [0.29, 0.717) is 23.0 Å². The predicted molar refractivity (Wildman–Crippen MR) is 86.5 cm³/mol. The molecule has 0 spiro atoms. The molecule has 1 atom stereocenters. The summed E-state index contributed by atoms with van der Waals surface area (Å²) in [7, 11) is -2.24. The van der Waals surface area contributed by atoms with Crippen LogP contribution in [0.1, 0.15) is 12.0 Å². The Morgan fingerprint density at radius 1 is 1.52 bits per heavy atom. The first-order valence-electron chi connectivity index (χ1n) is 6.62. The summed E-state index contributed by atoms with van der Waals surface area (Å²) < 4.78 is 32.9. The molecule has 0 aliphatic carbocycles. The molecular weight excluding hydrogens is 332 g/mol. The third-order valence-electron chi connectivity index (χ3n) is 3.40. The van der Waals surface area contributed by atoms with Crippen LogP contribution >= 0.6 is 23.4 Å². The van der Waals surface area contributed by atoms with Crippen molar-refractivity contribution in [2.75, 3.05) is 25.2 Å². The fourth-order valence-corrected chi connectivity index (χ4v) is 5.20. The van der Waals surface area contributed by atoms with Gasteiger partial charge in [0.15, 0.2) is 0 Å². The average Bonchev–Trinajstić information content (AvgIpc) is 2.97. The molecular formula is C13H19ClN2O3S2. The Morgan fingerprint density at radius 3 is 2.86 bits per heavy atom. The van der Waals surface area contributed by atoms with Crippen LogP contribution in [0, 0.1) is 5.92 Å². The van der Waals surface area contributed by atoms with Crippen LogP contribution in [-0.4, -0.2) is 33.6 Å². The van der Waals surface area contributed by atoms with Crippen LogP contribution < -0.4 is 15.2 Å². The Balaban J connectivity index is 2.27. The van der Waals surface area contributed by atoms with E-state index in [2.05, 4.69) is 4.72 Å². The molecule has 8 heteroatoms. The number of benzene rings is 1. The highest BCUT2D eigenvalue weighted by molar-refractivity contribution is 7.99. The lowest BCUT2D eigenvalue weighted by molar-refractivity contribution is 0.397. The summed E-state index contributed by atoms with van der Waals surface area (Å²) in [6, 6.07) is 3.01. The minimum absolute atomic E-state index is 0.0450. The molecule has 1 aliphatic rings. The molecule has 3 N–H and O–H groups in total. The third kappa shape index (κ3) is 4.04. The molecule has 1 aromatic carbocycles. The minimum atomic E-state index is -3.67. The first kappa shape index (κ1) is 16.9. The van der Waals surface area contributed by atoms with Crippen LogP contribution in [-0.2, 0) is 16.6 Å². The van der Waals surface area contributed by atoms with E-state index in [1.54, 1.807) is 6.07 Å². The van der Waals surface area contributed by atoms with Crippen molar-refractivity contribution < 1.29 is 13.2 Å². The van der Waals surface area contributed by atoms with Gasteiger partial charge in [-0.3, -0.25) is 0 Å². The highest BCUT2D eigenvalue weighted by Gasteiger charge is 2.24.